The van der Waals surface area contributed by atoms with Crippen molar-refractivity contribution in [3.05, 3.63) is 144 Å². The fourth-order valence-electron chi connectivity index (χ4n) is 6.22. The minimum absolute atomic E-state index is 0.252. The maximum atomic E-state index is 13.2. The lowest BCUT2D eigenvalue weighted by atomic mass is 9.91. The first-order valence-corrected chi connectivity index (χ1v) is 16.1. The summed E-state index contributed by atoms with van der Waals surface area (Å²) in [5, 5.41) is 0. The Labute approximate surface area is 271 Å². The Morgan fingerprint density at radius 2 is 1.11 bits per heavy atom. The van der Waals surface area contributed by atoms with Crippen molar-refractivity contribution >= 4 is 5.97 Å². The van der Waals surface area contributed by atoms with Crippen molar-refractivity contribution < 1.29 is 33.2 Å². The minimum Gasteiger partial charge on any atom is -0.466 e. The normalized spacial score (nSPS) is 25.3. The summed E-state index contributed by atoms with van der Waals surface area (Å²) in [5.41, 5.74) is 3.21. The molecule has 1 spiro atoms. The van der Waals surface area contributed by atoms with E-state index in [1.54, 1.807) is 0 Å². The van der Waals surface area contributed by atoms with Gasteiger partial charge in [0, 0.05) is 0 Å². The van der Waals surface area contributed by atoms with Crippen molar-refractivity contribution in [3.63, 3.8) is 0 Å². The van der Waals surface area contributed by atoms with Gasteiger partial charge in [-0.3, -0.25) is 4.79 Å². The molecular formula is C39H42O7. The van der Waals surface area contributed by atoms with Crippen LogP contribution >= 0.6 is 0 Å². The molecule has 1 heterocycles. The number of benzene rings is 4. The number of ether oxygens (including phenoxy) is 6. The molecule has 4 unspecified atom stereocenters. The molecule has 2 fully saturated rings. The molecule has 46 heavy (non-hydrogen) atoms. The van der Waals surface area contributed by atoms with Crippen molar-refractivity contribution in [3.8, 4) is 0 Å². The van der Waals surface area contributed by atoms with E-state index in [1.165, 1.54) is 0 Å². The lowest BCUT2D eigenvalue weighted by Gasteiger charge is -2.47. The number of carbonyl (C=O) groups is 1. The molecule has 4 aromatic rings. The number of carbonyl (C=O) groups excluding carboxylic acids is 1. The molecule has 1 aliphatic heterocycles. The van der Waals surface area contributed by atoms with E-state index in [-0.39, 0.29) is 12.6 Å². The van der Waals surface area contributed by atoms with Crippen LogP contribution in [0, 0.1) is 5.92 Å². The molecule has 7 heteroatoms. The van der Waals surface area contributed by atoms with Gasteiger partial charge >= 0.3 is 5.97 Å². The van der Waals surface area contributed by atoms with E-state index in [2.05, 4.69) is 0 Å². The first-order valence-electron chi connectivity index (χ1n) is 16.1. The maximum absolute atomic E-state index is 13.2. The summed E-state index contributed by atoms with van der Waals surface area (Å²) in [5.74, 6) is -0.770. The van der Waals surface area contributed by atoms with Crippen LogP contribution in [-0.4, -0.2) is 49.2 Å². The third kappa shape index (κ3) is 7.92. The lowest BCUT2D eigenvalue weighted by Crippen LogP contribution is -2.63. The number of rotatable bonds is 15. The van der Waals surface area contributed by atoms with Gasteiger partial charge in [0.25, 0.3) is 0 Å². The van der Waals surface area contributed by atoms with E-state index in [0.717, 1.165) is 22.3 Å². The summed E-state index contributed by atoms with van der Waals surface area (Å²) < 4.78 is 38.9. The predicted octanol–water partition coefficient (Wildman–Crippen LogP) is 6.68. The Morgan fingerprint density at radius 1 is 0.652 bits per heavy atom. The fourth-order valence-corrected chi connectivity index (χ4v) is 6.22. The highest BCUT2D eigenvalue weighted by Crippen LogP contribution is 2.56. The van der Waals surface area contributed by atoms with Crippen LogP contribution < -0.4 is 0 Å². The molecule has 0 amide bonds. The molecule has 6 atom stereocenters. The largest absolute Gasteiger partial charge is 0.466 e. The summed E-state index contributed by atoms with van der Waals surface area (Å²) in [6.45, 7) is 3.82. The highest BCUT2D eigenvalue weighted by molar-refractivity contribution is 5.78. The van der Waals surface area contributed by atoms with E-state index in [4.69, 9.17) is 28.4 Å². The summed E-state index contributed by atoms with van der Waals surface area (Å²) in [7, 11) is 0. The summed E-state index contributed by atoms with van der Waals surface area (Å²) in [4.78, 5) is 13.2. The van der Waals surface area contributed by atoms with Gasteiger partial charge in [-0.2, -0.15) is 0 Å². The van der Waals surface area contributed by atoms with Gasteiger partial charge in [-0.15, -0.1) is 0 Å². The molecule has 240 valence electrons. The first kappa shape index (κ1) is 32.1. The summed E-state index contributed by atoms with van der Waals surface area (Å²) >= 11 is 0. The van der Waals surface area contributed by atoms with E-state index in [1.807, 2.05) is 128 Å². The van der Waals surface area contributed by atoms with Crippen molar-refractivity contribution in [1.29, 1.82) is 0 Å². The minimum atomic E-state index is -0.935. The molecule has 0 aromatic heterocycles. The molecule has 0 bridgehead atoms. The predicted molar refractivity (Wildman–Crippen MR) is 173 cm³/mol. The monoisotopic (exact) mass is 622 g/mol. The second-order valence-electron chi connectivity index (χ2n) is 11.9. The molecule has 1 aliphatic carbocycles. The molecule has 6 rings (SSSR count). The van der Waals surface area contributed by atoms with Crippen LogP contribution in [0.15, 0.2) is 121 Å². The zero-order valence-corrected chi connectivity index (χ0v) is 26.2. The SMILES string of the molecule is CCOC(=O)C1C[C@]12OC(COCc1ccccc1)[C@@H](OCc1ccccc1)C(OCc1ccccc1)C2OCc1ccccc1. The number of hydrogen-bond donors (Lipinski definition) is 0. The van der Waals surface area contributed by atoms with E-state index in [0.29, 0.717) is 39.5 Å². The topological polar surface area (TPSA) is 72.5 Å². The fraction of sp³-hybridized carbons (Fsp3) is 0.359. The van der Waals surface area contributed by atoms with Crippen LogP contribution in [0.3, 0.4) is 0 Å². The molecule has 1 saturated carbocycles. The van der Waals surface area contributed by atoms with Crippen molar-refractivity contribution in [2.24, 2.45) is 5.92 Å². The van der Waals surface area contributed by atoms with Crippen LogP contribution in [0.5, 0.6) is 0 Å². The Kier molecular flexibility index (Phi) is 10.9. The quantitative estimate of drug-likeness (QED) is 0.137. The van der Waals surface area contributed by atoms with Crippen LogP contribution in [0.25, 0.3) is 0 Å². The average molecular weight is 623 g/mol. The van der Waals surface area contributed by atoms with Crippen LogP contribution in [-0.2, 0) is 59.6 Å². The molecule has 7 nitrogen and oxygen atoms in total. The molecular weight excluding hydrogens is 580 g/mol. The summed E-state index contributed by atoms with van der Waals surface area (Å²) in [6.07, 6.45) is -1.77. The van der Waals surface area contributed by atoms with Gasteiger partial charge < -0.3 is 28.4 Å². The maximum Gasteiger partial charge on any atom is 0.312 e. The Bertz CT molecular complexity index is 1480. The van der Waals surface area contributed by atoms with Crippen molar-refractivity contribution in [2.75, 3.05) is 13.2 Å². The second-order valence-corrected chi connectivity index (χ2v) is 11.9. The van der Waals surface area contributed by atoms with Crippen LogP contribution in [0.1, 0.15) is 35.6 Å². The highest BCUT2D eigenvalue weighted by atomic mass is 16.6. The smallest absolute Gasteiger partial charge is 0.312 e. The highest BCUT2D eigenvalue weighted by Gasteiger charge is 2.72. The molecule has 1 saturated heterocycles. The van der Waals surface area contributed by atoms with Gasteiger partial charge in [0.15, 0.2) is 0 Å². The van der Waals surface area contributed by atoms with Gasteiger partial charge in [0.2, 0.25) is 0 Å². The lowest BCUT2D eigenvalue weighted by molar-refractivity contribution is -0.285. The third-order valence-electron chi connectivity index (χ3n) is 8.60. The van der Waals surface area contributed by atoms with Gasteiger partial charge in [0.05, 0.1) is 45.6 Å². The Balaban J connectivity index is 1.32. The van der Waals surface area contributed by atoms with E-state index >= 15 is 0 Å². The standard InChI is InChI=1S/C39H42O7/c1-2-42-38(40)33-23-39(33)37(45-27-32-21-13-6-14-22-32)36(44-26-31-19-11-5-12-20-31)35(43-25-30-17-9-4-10-18-30)34(46-39)28-41-24-29-15-7-3-8-16-29/h3-22,33-37H,2,23-28H2,1H3/t33?,34?,35-,36?,37?,39+/m1/s1. The third-order valence-corrected chi connectivity index (χ3v) is 8.60. The number of esters is 1. The van der Waals surface area contributed by atoms with E-state index < -0.39 is 35.9 Å². The Hall–Kier alpha value is -3.85. The Morgan fingerprint density at radius 3 is 1.61 bits per heavy atom. The first-order chi connectivity index (χ1) is 22.7. The molecule has 0 radical (unpaired) electrons. The van der Waals surface area contributed by atoms with Crippen LogP contribution in [0.4, 0.5) is 0 Å². The average Bonchev–Trinajstić information content (AvgIpc) is 3.82. The molecule has 4 aromatic carbocycles. The van der Waals surface area contributed by atoms with Gasteiger partial charge in [-0.05, 0) is 35.6 Å². The zero-order valence-electron chi connectivity index (χ0n) is 26.2. The zero-order chi connectivity index (χ0) is 31.6. The molecule has 0 N–H and O–H groups in total. The molecule has 2 aliphatic rings. The second kappa shape index (κ2) is 15.6. The van der Waals surface area contributed by atoms with Crippen molar-refractivity contribution in [2.45, 2.75) is 69.8 Å². The van der Waals surface area contributed by atoms with Gasteiger partial charge in [-0.1, -0.05) is 121 Å². The van der Waals surface area contributed by atoms with Gasteiger partial charge in [0.1, 0.15) is 30.0 Å². The van der Waals surface area contributed by atoms with Gasteiger partial charge in [-0.25, -0.2) is 0 Å². The van der Waals surface area contributed by atoms with Crippen LogP contribution in [0.2, 0.25) is 0 Å². The number of hydrogen-bond acceptors (Lipinski definition) is 7. The van der Waals surface area contributed by atoms with E-state index in [9.17, 15) is 4.79 Å². The summed E-state index contributed by atoms with van der Waals surface area (Å²) in [6, 6.07) is 40.1. The van der Waals surface area contributed by atoms with Crippen molar-refractivity contribution in [1.82, 2.24) is 0 Å².